The minimum Gasteiger partial charge on any atom is -0.375 e. The first-order valence-electron chi connectivity index (χ1n) is 7.37. The minimum absolute atomic E-state index is 0.178. The van der Waals surface area contributed by atoms with Crippen molar-refractivity contribution in [2.24, 2.45) is 5.92 Å². The van der Waals surface area contributed by atoms with Crippen LogP contribution >= 0.6 is 39.0 Å². The molecule has 1 aromatic heterocycles. The Labute approximate surface area is 138 Å². The molecular weight excluding hydrogens is 354 g/mol. The lowest BCUT2D eigenvalue weighted by Crippen LogP contribution is -2.45. The van der Waals surface area contributed by atoms with Crippen LogP contribution < -0.4 is 5.32 Å². The summed E-state index contributed by atoms with van der Waals surface area (Å²) < 4.78 is 7.45. The SMILES string of the molecule is CNC(c1ccc(Br)s1)C1CCOC2(CCSCC2)C1. The van der Waals surface area contributed by atoms with Crippen molar-refractivity contribution >= 4 is 39.0 Å². The third kappa shape index (κ3) is 3.27. The first-order chi connectivity index (χ1) is 9.72. The van der Waals surface area contributed by atoms with Crippen molar-refractivity contribution in [3.05, 3.63) is 20.8 Å². The van der Waals surface area contributed by atoms with Crippen molar-refractivity contribution in [2.75, 3.05) is 25.2 Å². The number of hydrogen-bond acceptors (Lipinski definition) is 4. The number of rotatable bonds is 3. The van der Waals surface area contributed by atoms with Gasteiger partial charge in [0.2, 0.25) is 0 Å². The summed E-state index contributed by atoms with van der Waals surface area (Å²) in [5, 5.41) is 3.55. The van der Waals surface area contributed by atoms with Gasteiger partial charge in [-0.05, 0) is 78.2 Å². The van der Waals surface area contributed by atoms with E-state index in [1.54, 1.807) is 0 Å². The highest BCUT2D eigenvalue weighted by Gasteiger charge is 2.41. The van der Waals surface area contributed by atoms with Crippen LogP contribution in [0.4, 0.5) is 0 Å². The number of nitrogens with one attached hydrogen (secondary N) is 1. The highest BCUT2D eigenvalue weighted by atomic mass is 79.9. The Bertz CT molecular complexity index is 439. The molecule has 1 N–H and O–H groups in total. The van der Waals surface area contributed by atoms with Gasteiger partial charge in [0.15, 0.2) is 0 Å². The zero-order valence-electron chi connectivity index (χ0n) is 11.9. The molecular formula is C15H22BrNOS2. The smallest absolute Gasteiger partial charge is 0.0701 e. The van der Waals surface area contributed by atoms with Gasteiger partial charge < -0.3 is 10.1 Å². The predicted molar refractivity (Wildman–Crippen MR) is 91.8 cm³/mol. The van der Waals surface area contributed by atoms with E-state index in [1.165, 1.54) is 45.9 Å². The monoisotopic (exact) mass is 375 g/mol. The maximum atomic E-state index is 6.23. The zero-order valence-corrected chi connectivity index (χ0v) is 15.1. The van der Waals surface area contributed by atoms with Crippen molar-refractivity contribution < 1.29 is 4.74 Å². The number of ether oxygens (including phenoxy) is 1. The van der Waals surface area contributed by atoms with Crippen LogP contribution in [0.3, 0.4) is 0 Å². The van der Waals surface area contributed by atoms with Crippen molar-refractivity contribution in [2.45, 2.75) is 37.3 Å². The quantitative estimate of drug-likeness (QED) is 0.842. The van der Waals surface area contributed by atoms with Gasteiger partial charge in [-0.25, -0.2) is 0 Å². The van der Waals surface area contributed by atoms with Crippen LogP contribution in [0, 0.1) is 5.92 Å². The molecule has 2 nitrogen and oxygen atoms in total. The lowest BCUT2D eigenvalue weighted by atomic mass is 9.78. The molecule has 2 unspecified atom stereocenters. The van der Waals surface area contributed by atoms with Crippen molar-refractivity contribution in [3.8, 4) is 0 Å². The second kappa shape index (κ2) is 6.69. The van der Waals surface area contributed by atoms with Gasteiger partial charge in [-0.15, -0.1) is 11.3 Å². The maximum Gasteiger partial charge on any atom is 0.0701 e. The molecule has 20 heavy (non-hydrogen) atoms. The number of hydrogen-bond donors (Lipinski definition) is 1. The van der Waals surface area contributed by atoms with Gasteiger partial charge in [0.1, 0.15) is 0 Å². The Kier molecular flexibility index (Phi) is 5.14. The molecule has 0 aliphatic carbocycles. The van der Waals surface area contributed by atoms with Gasteiger partial charge in [-0.3, -0.25) is 0 Å². The molecule has 0 aromatic carbocycles. The largest absolute Gasteiger partial charge is 0.375 e. The first kappa shape index (κ1) is 15.3. The summed E-state index contributed by atoms with van der Waals surface area (Å²) in [5.41, 5.74) is 0.178. The van der Waals surface area contributed by atoms with E-state index >= 15 is 0 Å². The summed E-state index contributed by atoms with van der Waals surface area (Å²) in [6.45, 7) is 0.931. The predicted octanol–water partition coefficient (Wildman–Crippen LogP) is 4.46. The third-order valence-corrected chi connectivity index (χ3v) is 7.31. The molecule has 3 rings (SSSR count). The van der Waals surface area contributed by atoms with Gasteiger partial charge in [0, 0.05) is 17.5 Å². The molecule has 2 atom stereocenters. The molecule has 0 bridgehead atoms. The Morgan fingerprint density at radius 1 is 1.40 bits per heavy atom. The third-order valence-electron chi connectivity index (χ3n) is 4.62. The molecule has 5 heteroatoms. The summed E-state index contributed by atoms with van der Waals surface area (Å²) in [6, 6.07) is 4.90. The lowest BCUT2D eigenvalue weighted by Gasteiger charge is -2.45. The Morgan fingerprint density at radius 2 is 2.20 bits per heavy atom. The second-order valence-electron chi connectivity index (χ2n) is 5.80. The van der Waals surface area contributed by atoms with Crippen molar-refractivity contribution in [3.63, 3.8) is 0 Å². The second-order valence-corrected chi connectivity index (χ2v) is 9.52. The molecule has 2 fully saturated rings. The Hall–Kier alpha value is 0.450. The summed E-state index contributed by atoms with van der Waals surface area (Å²) in [7, 11) is 2.09. The number of halogens is 1. The van der Waals surface area contributed by atoms with Crippen LogP contribution in [0.15, 0.2) is 15.9 Å². The van der Waals surface area contributed by atoms with Crippen LogP contribution in [0.1, 0.15) is 36.6 Å². The molecule has 112 valence electrons. The van der Waals surface area contributed by atoms with E-state index in [0.717, 1.165) is 6.61 Å². The molecule has 1 spiro atoms. The summed E-state index contributed by atoms with van der Waals surface area (Å²) in [5.74, 6) is 3.23. The van der Waals surface area contributed by atoms with Gasteiger partial charge in [-0.1, -0.05) is 0 Å². The highest BCUT2D eigenvalue weighted by Crippen LogP contribution is 2.44. The fraction of sp³-hybridized carbons (Fsp3) is 0.733. The van der Waals surface area contributed by atoms with Gasteiger partial charge >= 0.3 is 0 Å². The highest BCUT2D eigenvalue weighted by molar-refractivity contribution is 9.11. The van der Waals surface area contributed by atoms with E-state index < -0.39 is 0 Å². The molecule has 0 radical (unpaired) electrons. The Balaban J connectivity index is 1.74. The standard InChI is InChI=1S/C15H22BrNOS2/c1-17-14(12-2-3-13(16)20-12)11-4-7-18-15(10-11)5-8-19-9-6-15/h2-3,11,14,17H,4-10H2,1H3. The number of thiophene rings is 1. The van der Waals surface area contributed by atoms with Gasteiger partial charge in [0.05, 0.1) is 9.39 Å². The van der Waals surface area contributed by atoms with E-state index in [1.807, 2.05) is 11.3 Å². The van der Waals surface area contributed by atoms with Crippen LogP contribution in [0.25, 0.3) is 0 Å². The lowest BCUT2D eigenvalue weighted by molar-refractivity contribution is -0.107. The normalized spacial score (nSPS) is 27.6. The first-order valence-corrected chi connectivity index (χ1v) is 10.1. The van der Waals surface area contributed by atoms with E-state index in [9.17, 15) is 0 Å². The maximum absolute atomic E-state index is 6.23. The van der Waals surface area contributed by atoms with E-state index in [2.05, 4.69) is 52.2 Å². The van der Waals surface area contributed by atoms with Crippen molar-refractivity contribution in [1.82, 2.24) is 5.32 Å². The van der Waals surface area contributed by atoms with Crippen molar-refractivity contribution in [1.29, 1.82) is 0 Å². The average Bonchev–Trinajstić information content (AvgIpc) is 2.87. The zero-order chi connectivity index (χ0) is 14.0. The average molecular weight is 376 g/mol. The van der Waals surface area contributed by atoms with Crippen LogP contribution in [0.2, 0.25) is 0 Å². The van der Waals surface area contributed by atoms with Gasteiger partial charge in [0.25, 0.3) is 0 Å². The molecule has 2 aliphatic rings. The summed E-state index contributed by atoms with van der Waals surface area (Å²) >= 11 is 7.52. The molecule has 0 saturated carbocycles. The molecule has 1 aromatic rings. The van der Waals surface area contributed by atoms with Crippen LogP contribution in [0.5, 0.6) is 0 Å². The number of thioether (sulfide) groups is 1. The fourth-order valence-electron chi connectivity index (χ4n) is 3.55. The molecule has 2 aliphatic heterocycles. The summed E-state index contributed by atoms with van der Waals surface area (Å²) in [6.07, 6.45) is 4.86. The van der Waals surface area contributed by atoms with E-state index in [4.69, 9.17) is 4.74 Å². The Morgan fingerprint density at radius 3 is 2.85 bits per heavy atom. The fourth-order valence-corrected chi connectivity index (χ4v) is 6.41. The van der Waals surface area contributed by atoms with Crippen LogP contribution in [-0.2, 0) is 4.74 Å². The van der Waals surface area contributed by atoms with E-state index in [-0.39, 0.29) is 5.60 Å². The van der Waals surface area contributed by atoms with E-state index in [0.29, 0.717) is 12.0 Å². The molecule has 0 amide bonds. The van der Waals surface area contributed by atoms with Gasteiger partial charge in [-0.2, -0.15) is 11.8 Å². The molecule has 3 heterocycles. The van der Waals surface area contributed by atoms with Crippen LogP contribution in [-0.4, -0.2) is 30.8 Å². The molecule has 2 saturated heterocycles. The topological polar surface area (TPSA) is 21.3 Å². The summed E-state index contributed by atoms with van der Waals surface area (Å²) in [4.78, 5) is 1.45. The minimum atomic E-state index is 0.178.